The van der Waals surface area contributed by atoms with Crippen molar-refractivity contribution in [2.75, 3.05) is 16.9 Å². The van der Waals surface area contributed by atoms with E-state index < -0.39 is 64.6 Å². The van der Waals surface area contributed by atoms with Gasteiger partial charge in [0.15, 0.2) is 11.5 Å². The van der Waals surface area contributed by atoms with E-state index in [4.69, 9.17) is 4.74 Å². The largest absolute Gasteiger partial charge is 0.504 e. The predicted octanol–water partition coefficient (Wildman–Crippen LogP) is 5.99. The molecule has 3 fully saturated rings. The summed E-state index contributed by atoms with van der Waals surface area (Å²) >= 11 is 0. The van der Waals surface area contributed by atoms with E-state index in [0.717, 1.165) is 15.5 Å². The van der Waals surface area contributed by atoms with Crippen molar-refractivity contribution in [2.24, 2.45) is 23.7 Å². The Hall–Kier alpha value is -6.23. The topological polar surface area (TPSA) is 154 Å². The number of allylic oxidation sites excluding steroid dienone is 2. The lowest BCUT2D eigenvalue weighted by Crippen LogP contribution is -2.53. The lowest BCUT2D eigenvalue weighted by Gasteiger charge is -2.50. The van der Waals surface area contributed by atoms with Gasteiger partial charge < -0.3 is 14.9 Å². The monoisotopic (exact) mass is 711 g/mol. The second-order valence-corrected chi connectivity index (χ2v) is 14.1. The summed E-state index contributed by atoms with van der Waals surface area (Å²) in [6.45, 7) is 4.00. The van der Waals surface area contributed by atoms with Gasteiger partial charge in [0.1, 0.15) is 0 Å². The number of amides is 4. The average Bonchev–Trinajstić information content (AvgIpc) is 3.54. The Labute approximate surface area is 305 Å². The fraction of sp³-hybridized carbons (Fsp3) is 0.262. The molecule has 4 amide bonds. The first-order chi connectivity index (χ1) is 25.6. The molecule has 8 rings (SSSR count). The van der Waals surface area contributed by atoms with E-state index in [-0.39, 0.29) is 42.2 Å². The van der Waals surface area contributed by atoms with Crippen molar-refractivity contribution in [3.8, 4) is 11.5 Å². The van der Waals surface area contributed by atoms with E-state index in [1.54, 1.807) is 37.3 Å². The molecular formula is C42H37N3O8. The minimum atomic E-state index is -1.56. The molecule has 2 aliphatic heterocycles. The van der Waals surface area contributed by atoms with E-state index in [2.05, 4.69) is 5.43 Å². The first-order valence-electron chi connectivity index (χ1n) is 17.7. The molecule has 4 aliphatic rings. The minimum Gasteiger partial charge on any atom is -0.504 e. The number of carboxylic acids is 1. The molecule has 11 heteroatoms. The van der Waals surface area contributed by atoms with Crippen molar-refractivity contribution in [3.05, 3.63) is 131 Å². The van der Waals surface area contributed by atoms with E-state index in [1.165, 1.54) is 24.3 Å². The van der Waals surface area contributed by atoms with Crippen LogP contribution in [0.15, 0.2) is 109 Å². The number of imide groups is 2. The zero-order valence-electron chi connectivity index (χ0n) is 29.1. The molecule has 6 atom stereocenters. The zero-order valence-corrected chi connectivity index (χ0v) is 29.1. The smallest absolute Gasteiger partial charge is 0.335 e. The molecule has 53 heavy (non-hydrogen) atoms. The molecule has 0 spiro atoms. The fourth-order valence-electron chi connectivity index (χ4n) is 9.17. The third-order valence-electron chi connectivity index (χ3n) is 11.4. The summed E-state index contributed by atoms with van der Waals surface area (Å²) in [5.41, 5.74) is 4.75. The number of anilines is 2. The number of aromatic hydroxyl groups is 1. The first kappa shape index (κ1) is 33.9. The number of fused-ring (bicyclic) bond motifs is 4. The summed E-state index contributed by atoms with van der Waals surface area (Å²) in [5, 5.41) is 22.6. The predicted molar refractivity (Wildman–Crippen MR) is 194 cm³/mol. The maximum atomic E-state index is 15.3. The molecule has 11 nitrogen and oxygen atoms in total. The number of hydrazine groups is 1. The number of carbonyl (C=O) groups is 5. The Morgan fingerprint density at radius 2 is 1.62 bits per heavy atom. The molecule has 2 saturated heterocycles. The summed E-state index contributed by atoms with van der Waals surface area (Å²) in [7, 11) is 0. The van der Waals surface area contributed by atoms with Gasteiger partial charge in [-0.3, -0.25) is 29.5 Å². The van der Waals surface area contributed by atoms with Crippen LogP contribution >= 0.6 is 0 Å². The number of ether oxygens (including phenoxy) is 1. The first-order valence-corrected chi connectivity index (χ1v) is 17.7. The summed E-state index contributed by atoms with van der Waals surface area (Å²) < 4.78 is 5.81. The Morgan fingerprint density at radius 1 is 0.887 bits per heavy atom. The van der Waals surface area contributed by atoms with E-state index in [0.29, 0.717) is 22.4 Å². The van der Waals surface area contributed by atoms with E-state index in [1.807, 2.05) is 55.5 Å². The molecule has 0 unspecified atom stereocenters. The van der Waals surface area contributed by atoms with Crippen molar-refractivity contribution < 1.29 is 38.9 Å². The van der Waals surface area contributed by atoms with Crippen LogP contribution in [0.4, 0.5) is 11.4 Å². The van der Waals surface area contributed by atoms with Gasteiger partial charge in [-0.05, 0) is 74.6 Å². The number of hydrogen-bond donors (Lipinski definition) is 3. The number of rotatable bonds is 8. The number of phenols is 1. The quantitative estimate of drug-likeness (QED) is 0.148. The number of carboxylic acid groups (broad SMARTS) is 1. The SMILES string of the molecule is CCOc1cccc([C@H]2C3=CC[C@@H]4C(=O)N(c5cccc(C(=O)O)c5)C(=O)[C@@H]4[C@@H]3C[C@H]3C(=O)N(Nc4ccc(C)cc4)C(=O)[C@@]23c2ccccc2)c1O. The van der Waals surface area contributed by atoms with Gasteiger partial charge >= 0.3 is 5.97 Å². The molecule has 4 aromatic carbocycles. The van der Waals surface area contributed by atoms with Gasteiger partial charge in [0.25, 0.3) is 11.8 Å². The standard InChI is InChI=1S/C42H37N3O8/c1-3-53-33-14-8-13-30(36(33)46)35-28-19-20-29-34(39(49)44(37(29)47)27-12-7-9-24(21-27)40(50)51)31(28)22-32-38(48)45(43-26-17-15-23(2)16-18-26)41(52)42(32,35)25-10-5-4-6-11-25/h4-19,21,29,31-32,34-35,43,46H,3,20,22H2,1-2H3,(H,50,51)/t29-,31+,32-,34-,35+,42+/m0/s1. The molecule has 268 valence electrons. The van der Waals surface area contributed by atoms with Gasteiger partial charge in [-0.1, -0.05) is 77.9 Å². The van der Waals surface area contributed by atoms with E-state index >= 15 is 4.79 Å². The highest BCUT2D eigenvalue weighted by atomic mass is 16.5. The maximum absolute atomic E-state index is 15.3. The number of benzene rings is 4. The number of hydrogen-bond acceptors (Lipinski definition) is 8. The Bertz CT molecular complexity index is 2220. The molecule has 3 N–H and O–H groups in total. The minimum absolute atomic E-state index is 0.0666. The average molecular weight is 712 g/mol. The highest BCUT2D eigenvalue weighted by Gasteiger charge is 2.70. The second-order valence-electron chi connectivity index (χ2n) is 14.1. The van der Waals surface area contributed by atoms with Crippen molar-refractivity contribution in [2.45, 2.75) is 38.0 Å². The Morgan fingerprint density at radius 3 is 2.34 bits per heavy atom. The summed E-state index contributed by atoms with van der Waals surface area (Å²) in [4.78, 5) is 71.6. The molecular weight excluding hydrogens is 674 g/mol. The van der Waals surface area contributed by atoms with Crippen LogP contribution in [0.5, 0.6) is 11.5 Å². The number of phenolic OH excluding ortho intramolecular Hbond substituents is 1. The number of nitrogens with zero attached hydrogens (tertiary/aromatic N) is 2. The van der Waals surface area contributed by atoms with Crippen molar-refractivity contribution in [3.63, 3.8) is 0 Å². The van der Waals surface area contributed by atoms with Crippen LogP contribution in [-0.4, -0.2) is 51.4 Å². The summed E-state index contributed by atoms with van der Waals surface area (Å²) in [6, 6.07) is 27.2. The molecule has 0 aromatic heterocycles. The van der Waals surface area contributed by atoms with E-state index in [9.17, 15) is 29.4 Å². The number of aryl methyl sites for hydroxylation is 1. The van der Waals surface area contributed by atoms with Gasteiger partial charge in [0.2, 0.25) is 11.8 Å². The lowest BCUT2D eigenvalue weighted by molar-refractivity contribution is -0.138. The Kier molecular flexibility index (Phi) is 8.16. The number of carbonyl (C=O) groups excluding carboxylic acids is 4. The van der Waals surface area contributed by atoms with Gasteiger partial charge in [-0.15, -0.1) is 0 Å². The molecule has 0 bridgehead atoms. The zero-order chi connectivity index (χ0) is 37.2. The number of para-hydroxylation sites is 1. The van der Waals surface area contributed by atoms with Crippen LogP contribution in [0.2, 0.25) is 0 Å². The molecule has 2 heterocycles. The highest BCUT2D eigenvalue weighted by Crippen LogP contribution is 2.65. The maximum Gasteiger partial charge on any atom is 0.335 e. The third-order valence-corrected chi connectivity index (χ3v) is 11.4. The fourth-order valence-corrected chi connectivity index (χ4v) is 9.17. The van der Waals surface area contributed by atoms with Crippen molar-refractivity contribution >= 4 is 41.0 Å². The van der Waals surface area contributed by atoms with Crippen LogP contribution in [0.3, 0.4) is 0 Å². The Balaban J connectivity index is 1.32. The molecule has 4 aromatic rings. The molecule has 1 saturated carbocycles. The second kappa shape index (κ2) is 12.8. The normalized spacial score (nSPS) is 26.2. The van der Waals surface area contributed by atoms with Crippen molar-refractivity contribution in [1.82, 2.24) is 5.01 Å². The summed E-state index contributed by atoms with van der Waals surface area (Å²) in [5.74, 6) is -7.40. The van der Waals surface area contributed by atoms with Crippen LogP contribution < -0.4 is 15.1 Å². The lowest BCUT2D eigenvalue weighted by atomic mass is 9.49. The number of aromatic carboxylic acids is 1. The number of nitrogens with one attached hydrogen (secondary N) is 1. The van der Waals surface area contributed by atoms with Crippen LogP contribution in [0.25, 0.3) is 0 Å². The van der Waals surface area contributed by atoms with Crippen LogP contribution in [0, 0.1) is 30.6 Å². The van der Waals surface area contributed by atoms with Crippen LogP contribution in [0.1, 0.15) is 52.7 Å². The molecule has 0 radical (unpaired) electrons. The van der Waals surface area contributed by atoms with Gasteiger partial charge in [-0.25, -0.2) is 4.79 Å². The summed E-state index contributed by atoms with van der Waals surface area (Å²) in [6.07, 6.45) is 2.14. The van der Waals surface area contributed by atoms with Gasteiger partial charge in [0.05, 0.1) is 46.7 Å². The van der Waals surface area contributed by atoms with Crippen molar-refractivity contribution in [1.29, 1.82) is 0 Å². The van der Waals surface area contributed by atoms with Crippen LogP contribution in [-0.2, 0) is 24.6 Å². The molecule has 2 aliphatic carbocycles. The highest BCUT2D eigenvalue weighted by molar-refractivity contribution is 6.23. The third kappa shape index (κ3) is 5.05. The van der Waals surface area contributed by atoms with Gasteiger partial charge in [-0.2, -0.15) is 5.01 Å². The van der Waals surface area contributed by atoms with Gasteiger partial charge in [0, 0.05) is 11.5 Å².